The van der Waals surface area contributed by atoms with E-state index < -0.39 is 17.7 Å². The number of fused-ring (bicyclic) bond motifs is 1. The van der Waals surface area contributed by atoms with Gasteiger partial charge in [-0.05, 0) is 59.3 Å². The van der Waals surface area contributed by atoms with E-state index in [-0.39, 0.29) is 11.4 Å². The van der Waals surface area contributed by atoms with Gasteiger partial charge in [-0.15, -0.1) is 11.3 Å². The molecule has 1 aliphatic heterocycles. The highest BCUT2D eigenvalue weighted by atomic mass is 32.1. The molecule has 1 aliphatic rings. The van der Waals surface area contributed by atoms with Crippen molar-refractivity contribution in [3.8, 4) is 11.5 Å². The number of aliphatic hydroxyl groups is 1. The number of methoxy groups -OCH3 is 2. The third-order valence-corrected chi connectivity index (χ3v) is 7.19. The fourth-order valence-electron chi connectivity index (χ4n) is 4.52. The molecule has 3 heterocycles. The Labute approximate surface area is 206 Å². The van der Waals surface area contributed by atoms with Gasteiger partial charge in [0, 0.05) is 23.6 Å². The van der Waals surface area contributed by atoms with Gasteiger partial charge in [0.15, 0.2) is 5.76 Å². The first-order valence-corrected chi connectivity index (χ1v) is 12.0. The van der Waals surface area contributed by atoms with E-state index in [9.17, 15) is 14.7 Å². The number of carbonyl (C=O) groups is 2. The topological polar surface area (TPSA) is 91.9 Å². The zero-order chi connectivity index (χ0) is 24.5. The van der Waals surface area contributed by atoms with E-state index in [0.29, 0.717) is 23.6 Å². The molecule has 0 spiro atoms. The lowest BCUT2D eigenvalue weighted by Gasteiger charge is -2.27. The van der Waals surface area contributed by atoms with Gasteiger partial charge < -0.3 is 24.5 Å². The van der Waals surface area contributed by atoms with Crippen LogP contribution in [-0.2, 0) is 11.2 Å². The van der Waals surface area contributed by atoms with Crippen molar-refractivity contribution in [3.63, 3.8) is 0 Å². The molecule has 2 N–H and O–H groups in total. The number of amides is 1. The van der Waals surface area contributed by atoms with Crippen LogP contribution in [0.25, 0.3) is 10.9 Å². The van der Waals surface area contributed by atoms with Gasteiger partial charge in [0.2, 0.25) is 5.78 Å². The summed E-state index contributed by atoms with van der Waals surface area (Å²) in [6.45, 7) is 0.310. The molecule has 7 nitrogen and oxygen atoms in total. The summed E-state index contributed by atoms with van der Waals surface area (Å²) in [4.78, 5) is 31.9. The SMILES string of the molecule is COc1ccc(C2C(C(=O)c3cccs3)=C(O)C(=O)N2CCc2c[nH]c3ccc(OC)cc23)cc1. The Kier molecular flexibility index (Phi) is 6.05. The zero-order valence-corrected chi connectivity index (χ0v) is 20.1. The Bertz CT molecular complexity index is 1420. The molecule has 0 aliphatic carbocycles. The highest BCUT2D eigenvalue weighted by molar-refractivity contribution is 7.12. The van der Waals surface area contributed by atoms with Crippen molar-refractivity contribution in [2.75, 3.05) is 20.8 Å². The third kappa shape index (κ3) is 4.06. The number of hydrogen-bond acceptors (Lipinski definition) is 6. The van der Waals surface area contributed by atoms with Crippen molar-refractivity contribution >= 4 is 33.9 Å². The molecule has 35 heavy (non-hydrogen) atoms. The summed E-state index contributed by atoms with van der Waals surface area (Å²) < 4.78 is 10.6. The van der Waals surface area contributed by atoms with Gasteiger partial charge >= 0.3 is 0 Å². The van der Waals surface area contributed by atoms with Gasteiger partial charge in [0.05, 0.1) is 30.7 Å². The monoisotopic (exact) mass is 488 g/mol. The van der Waals surface area contributed by atoms with Crippen LogP contribution >= 0.6 is 11.3 Å². The van der Waals surface area contributed by atoms with E-state index in [4.69, 9.17) is 9.47 Å². The first-order valence-electron chi connectivity index (χ1n) is 11.1. The van der Waals surface area contributed by atoms with E-state index in [1.165, 1.54) is 11.3 Å². The minimum Gasteiger partial charge on any atom is -0.503 e. The van der Waals surface area contributed by atoms with Gasteiger partial charge in [-0.25, -0.2) is 0 Å². The third-order valence-electron chi connectivity index (χ3n) is 6.32. The molecule has 2 aromatic heterocycles. The predicted molar refractivity (Wildman–Crippen MR) is 134 cm³/mol. The van der Waals surface area contributed by atoms with Crippen LogP contribution in [0.4, 0.5) is 0 Å². The average molecular weight is 489 g/mol. The minimum absolute atomic E-state index is 0.100. The number of H-pyrrole nitrogens is 1. The zero-order valence-electron chi connectivity index (χ0n) is 19.3. The van der Waals surface area contributed by atoms with Crippen molar-refractivity contribution in [3.05, 3.63) is 93.5 Å². The highest BCUT2D eigenvalue weighted by Gasteiger charge is 2.43. The molecule has 4 aromatic rings. The second-order valence-corrected chi connectivity index (χ2v) is 9.17. The van der Waals surface area contributed by atoms with Crippen LogP contribution in [-0.4, -0.2) is 47.4 Å². The summed E-state index contributed by atoms with van der Waals surface area (Å²) in [6.07, 6.45) is 2.44. The normalized spacial score (nSPS) is 15.8. The molecule has 0 saturated carbocycles. The number of aromatic nitrogens is 1. The maximum atomic E-state index is 13.4. The maximum absolute atomic E-state index is 13.4. The van der Waals surface area contributed by atoms with Gasteiger partial charge in [-0.1, -0.05) is 18.2 Å². The number of ether oxygens (including phenoxy) is 2. The van der Waals surface area contributed by atoms with Crippen LogP contribution < -0.4 is 9.47 Å². The van der Waals surface area contributed by atoms with Crippen molar-refractivity contribution in [1.29, 1.82) is 0 Å². The lowest BCUT2D eigenvalue weighted by atomic mass is 9.95. The lowest BCUT2D eigenvalue weighted by molar-refractivity contribution is -0.129. The number of rotatable bonds is 8. The van der Waals surface area contributed by atoms with Crippen molar-refractivity contribution < 1.29 is 24.2 Å². The second-order valence-electron chi connectivity index (χ2n) is 8.22. The molecule has 1 unspecified atom stereocenters. The van der Waals surface area contributed by atoms with Crippen LogP contribution in [0.2, 0.25) is 0 Å². The smallest absolute Gasteiger partial charge is 0.290 e. The summed E-state index contributed by atoms with van der Waals surface area (Å²) in [5, 5.41) is 13.7. The van der Waals surface area contributed by atoms with Crippen molar-refractivity contribution in [2.45, 2.75) is 12.5 Å². The summed E-state index contributed by atoms with van der Waals surface area (Å²) >= 11 is 1.28. The number of Topliss-reactive ketones (excluding diaryl/α,β-unsaturated/α-hetero) is 1. The molecule has 2 aromatic carbocycles. The van der Waals surface area contributed by atoms with E-state index in [1.54, 1.807) is 48.8 Å². The molecule has 0 saturated heterocycles. The average Bonchev–Trinajstić information content (AvgIpc) is 3.62. The number of nitrogens with one attached hydrogen (secondary N) is 1. The minimum atomic E-state index is -0.706. The van der Waals surface area contributed by atoms with Crippen LogP contribution in [0.3, 0.4) is 0 Å². The highest BCUT2D eigenvalue weighted by Crippen LogP contribution is 2.40. The predicted octanol–water partition coefficient (Wildman–Crippen LogP) is 5.07. The van der Waals surface area contributed by atoms with Crippen LogP contribution in [0.1, 0.15) is 26.8 Å². The first-order chi connectivity index (χ1) is 17.0. The number of aliphatic hydroxyl groups excluding tert-OH is 1. The number of thiophene rings is 1. The van der Waals surface area contributed by atoms with E-state index in [2.05, 4.69) is 4.98 Å². The molecule has 1 atom stereocenters. The summed E-state index contributed by atoms with van der Waals surface area (Å²) in [7, 11) is 3.20. The summed E-state index contributed by atoms with van der Waals surface area (Å²) in [6, 6.07) is 15.8. The van der Waals surface area contributed by atoms with Gasteiger partial charge in [-0.2, -0.15) is 0 Å². The molecule has 0 bridgehead atoms. The Balaban J connectivity index is 1.50. The fourth-order valence-corrected chi connectivity index (χ4v) is 5.20. The molecule has 0 fully saturated rings. The van der Waals surface area contributed by atoms with Crippen molar-refractivity contribution in [2.24, 2.45) is 0 Å². The molecular weight excluding hydrogens is 464 g/mol. The summed E-state index contributed by atoms with van der Waals surface area (Å²) in [5.74, 6) is 0.0190. The number of benzene rings is 2. The van der Waals surface area contributed by atoms with Gasteiger partial charge in [0.1, 0.15) is 11.5 Å². The summed E-state index contributed by atoms with van der Waals surface area (Å²) in [5.41, 5.74) is 2.81. The number of hydrogen-bond donors (Lipinski definition) is 2. The largest absolute Gasteiger partial charge is 0.503 e. The Morgan fingerprint density at radius 3 is 2.51 bits per heavy atom. The second kappa shape index (κ2) is 9.31. The van der Waals surface area contributed by atoms with E-state index in [1.807, 2.05) is 36.5 Å². The number of aromatic amines is 1. The molecule has 0 radical (unpaired) electrons. The maximum Gasteiger partial charge on any atom is 0.290 e. The van der Waals surface area contributed by atoms with E-state index >= 15 is 0 Å². The number of carbonyl (C=O) groups excluding carboxylic acids is 2. The Morgan fingerprint density at radius 1 is 1.09 bits per heavy atom. The lowest BCUT2D eigenvalue weighted by Crippen LogP contribution is -2.33. The molecule has 178 valence electrons. The molecule has 5 rings (SSSR count). The molecular formula is C27H24N2O5S. The van der Waals surface area contributed by atoms with Crippen LogP contribution in [0.15, 0.2) is 77.5 Å². The fraction of sp³-hybridized carbons (Fsp3) is 0.185. The van der Waals surface area contributed by atoms with Gasteiger partial charge in [-0.3, -0.25) is 9.59 Å². The molecule has 1 amide bonds. The van der Waals surface area contributed by atoms with Crippen LogP contribution in [0, 0.1) is 0 Å². The van der Waals surface area contributed by atoms with E-state index in [0.717, 1.165) is 27.8 Å². The van der Waals surface area contributed by atoms with Gasteiger partial charge in [0.25, 0.3) is 5.91 Å². The van der Waals surface area contributed by atoms with Crippen molar-refractivity contribution in [1.82, 2.24) is 9.88 Å². The standard InChI is InChI=1S/C27H24N2O5S/c1-33-18-7-5-16(6-8-18)24-23(25(30)22-4-3-13-35-22)26(31)27(32)29(24)12-11-17-15-28-21-10-9-19(34-2)14-20(17)21/h3-10,13-15,24,28,31H,11-12H2,1-2H3. The first kappa shape index (κ1) is 22.7. The molecule has 8 heteroatoms. The van der Waals surface area contributed by atoms with Crippen LogP contribution in [0.5, 0.6) is 11.5 Å². The quantitative estimate of drug-likeness (QED) is 0.338. The Hall–Kier alpha value is -4.04. The number of ketones is 1. The number of nitrogens with zero attached hydrogens (tertiary/aromatic N) is 1. The Morgan fingerprint density at radius 2 is 1.83 bits per heavy atom.